The first-order valence-corrected chi connectivity index (χ1v) is 3.26. The van der Waals surface area contributed by atoms with Gasteiger partial charge in [-0.1, -0.05) is 0 Å². The standard InChI is InChI=1S/C4H7Te/c1-2-3-4-5/h2-3H,4H2,1H3. The molecule has 0 aliphatic heterocycles. The Kier molecular flexibility index (Phi) is 5.01. The van der Waals surface area contributed by atoms with E-state index in [1.54, 1.807) is 0 Å². The Morgan fingerprint density at radius 1 is 1.80 bits per heavy atom. The first kappa shape index (κ1) is 5.53. The van der Waals surface area contributed by atoms with E-state index in [-0.39, 0.29) is 0 Å². The molecule has 0 amide bonds. The Morgan fingerprint density at radius 3 is 2.40 bits per heavy atom. The second-order valence-corrected chi connectivity index (χ2v) is 1.69. The number of hydrogen-bond donors (Lipinski definition) is 0. The van der Waals surface area contributed by atoms with Crippen LogP contribution >= 0.6 is 0 Å². The van der Waals surface area contributed by atoms with Gasteiger partial charge in [-0.15, -0.1) is 0 Å². The summed E-state index contributed by atoms with van der Waals surface area (Å²) in [6, 6.07) is 0. The molecule has 0 saturated heterocycles. The van der Waals surface area contributed by atoms with Crippen molar-refractivity contribution < 1.29 is 0 Å². The van der Waals surface area contributed by atoms with Crippen LogP contribution in [0.25, 0.3) is 0 Å². The van der Waals surface area contributed by atoms with Gasteiger partial charge in [-0.05, 0) is 0 Å². The van der Waals surface area contributed by atoms with Crippen molar-refractivity contribution in [2.45, 2.75) is 11.4 Å². The molecular formula is C4H7Te. The zero-order valence-corrected chi connectivity index (χ0v) is 5.60. The molecule has 0 nitrogen and oxygen atoms in total. The van der Waals surface area contributed by atoms with E-state index >= 15 is 0 Å². The topological polar surface area (TPSA) is 0 Å². The van der Waals surface area contributed by atoms with Crippen LogP contribution in [0.3, 0.4) is 0 Å². The van der Waals surface area contributed by atoms with Crippen LogP contribution in [0.4, 0.5) is 0 Å². The predicted octanol–water partition coefficient (Wildman–Crippen LogP) is 1.15. The van der Waals surface area contributed by atoms with Gasteiger partial charge in [0.15, 0.2) is 0 Å². The summed E-state index contributed by atoms with van der Waals surface area (Å²) in [7, 11) is 0. The van der Waals surface area contributed by atoms with Crippen LogP contribution in [-0.4, -0.2) is 22.3 Å². The van der Waals surface area contributed by atoms with Crippen molar-refractivity contribution in [2.75, 3.05) is 0 Å². The van der Waals surface area contributed by atoms with E-state index in [0.29, 0.717) is 0 Å². The van der Waals surface area contributed by atoms with E-state index < -0.39 is 0 Å². The molecule has 29 valence electrons. The Labute approximate surface area is 46.2 Å². The van der Waals surface area contributed by atoms with Gasteiger partial charge in [0, 0.05) is 0 Å². The van der Waals surface area contributed by atoms with Crippen LogP contribution in [-0.2, 0) is 0 Å². The number of allylic oxidation sites excluding steroid dienone is 2. The first-order chi connectivity index (χ1) is 2.41. The maximum absolute atomic E-state index is 2.13. The summed E-state index contributed by atoms with van der Waals surface area (Å²) in [6.07, 6.45) is 4.19. The zero-order chi connectivity index (χ0) is 4.12. The average molecular weight is 183 g/mol. The van der Waals surface area contributed by atoms with Crippen LogP contribution in [0.15, 0.2) is 12.2 Å². The fourth-order valence-electron chi connectivity index (χ4n) is 0.0962. The van der Waals surface area contributed by atoms with Gasteiger partial charge in [-0.3, -0.25) is 0 Å². The second-order valence-electron chi connectivity index (χ2n) is 0.736. The van der Waals surface area contributed by atoms with Crippen LogP contribution in [0.5, 0.6) is 0 Å². The molecule has 0 aliphatic rings. The van der Waals surface area contributed by atoms with Crippen molar-refractivity contribution in [1.29, 1.82) is 0 Å². The average Bonchev–Trinajstić information content (AvgIpc) is 1.41. The Balaban J connectivity index is 2.62. The van der Waals surface area contributed by atoms with E-state index in [2.05, 4.69) is 34.4 Å². The Bertz CT molecular complexity index is 30.6. The molecule has 0 aromatic carbocycles. The molecule has 0 aliphatic carbocycles. The third kappa shape index (κ3) is 4.53. The molecule has 0 saturated carbocycles. The molecule has 5 heavy (non-hydrogen) atoms. The van der Waals surface area contributed by atoms with Gasteiger partial charge in [0.2, 0.25) is 0 Å². The number of rotatable bonds is 1. The minimum absolute atomic E-state index is 1.17. The van der Waals surface area contributed by atoms with Gasteiger partial charge in [0.1, 0.15) is 0 Å². The third-order valence-electron chi connectivity index (χ3n) is 0.332. The molecule has 0 bridgehead atoms. The van der Waals surface area contributed by atoms with Gasteiger partial charge < -0.3 is 0 Å². The fourth-order valence-corrected chi connectivity index (χ4v) is 0.645. The van der Waals surface area contributed by atoms with Crippen LogP contribution in [0, 0.1) is 0 Å². The monoisotopic (exact) mass is 185 g/mol. The van der Waals surface area contributed by atoms with Crippen LogP contribution < -0.4 is 0 Å². The van der Waals surface area contributed by atoms with Crippen molar-refractivity contribution in [3.8, 4) is 0 Å². The van der Waals surface area contributed by atoms with E-state index in [1.807, 2.05) is 6.92 Å². The van der Waals surface area contributed by atoms with E-state index in [1.165, 1.54) is 4.47 Å². The van der Waals surface area contributed by atoms with E-state index in [9.17, 15) is 0 Å². The van der Waals surface area contributed by atoms with Crippen molar-refractivity contribution >= 4 is 22.3 Å². The summed E-state index contributed by atoms with van der Waals surface area (Å²) < 4.78 is 1.17. The number of hydrogen-bond acceptors (Lipinski definition) is 0. The molecule has 0 unspecified atom stereocenters. The molecule has 0 heterocycles. The molecule has 1 radical (unpaired) electrons. The summed E-state index contributed by atoms with van der Waals surface area (Å²) in [5.41, 5.74) is 0. The quantitative estimate of drug-likeness (QED) is 0.422. The Hall–Kier alpha value is 0.530. The van der Waals surface area contributed by atoms with Gasteiger partial charge in [0.05, 0.1) is 0 Å². The normalized spacial score (nSPS) is 10.0. The summed E-state index contributed by atoms with van der Waals surface area (Å²) in [4.78, 5) is 0. The molecule has 0 aromatic heterocycles. The van der Waals surface area contributed by atoms with Gasteiger partial charge in [-0.25, -0.2) is 0 Å². The van der Waals surface area contributed by atoms with Crippen molar-refractivity contribution in [3.05, 3.63) is 12.2 Å². The second kappa shape index (κ2) is 4.53. The molecule has 0 aromatic rings. The molecule has 0 spiro atoms. The summed E-state index contributed by atoms with van der Waals surface area (Å²) in [6.45, 7) is 2.03. The molecule has 0 atom stereocenters. The molecular weight excluding hydrogens is 176 g/mol. The van der Waals surface area contributed by atoms with Crippen molar-refractivity contribution in [1.82, 2.24) is 0 Å². The van der Waals surface area contributed by atoms with E-state index in [4.69, 9.17) is 0 Å². The maximum atomic E-state index is 2.13. The predicted molar refractivity (Wildman–Crippen MR) is 25.4 cm³/mol. The molecule has 0 rings (SSSR count). The van der Waals surface area contributed by atoms with E-state index in [0.717, 1.165) is 0 Å². The summed E-state index contributed by atoms with van der Waals surface area (Å²) >= 11 is 2.07. The minimum atomic E-state index is 1.17. The van der Waals surface area contributed by atoms with Crippen molar-refractivity contribution in [3.63, 3.8) is 0 Å². The summed E-state index contributed by atoms with van der Waals surface area (Å²) in [5.74, 6) is 0. The molecule has 0 fully saturated rings. The van der Waals surface area contributed by atoms with Crippen LogP contribution in [0.1, 0.15) is 6.92 Å². The first-order valence-electron chi connectivity index (χ1n) is 1.61. The Morgan fingerprint density at radius 2 is 2.40 bits per heavy atom. The molecule has 1 heteroatoms. The zero-order valence-electron chi connectivity index (χ0n) is 3.27. The van der Waals surface area contributed by atoms with Crippen LogP contribution in [0.2, 0.25) is 4.47 Å². The SMILES string of the molecule is CC=CC[Te]. The van der Waals surface area contributed by atoms with Crippen molar-refractivity contribution in [2.24, 2.45) is 0 Å². The fraction of sp³-hybridized carbons (Fsp3) is 0.500. The summed E-state index contributed by atoms with van der Waals surface area (Å²) in [5, 5.41) is 0. The van der Waals surface area contributed by atoms with Gasteiger partial charge in [0.25, 0.3) is 0 Å². The van der Waals surface area contributed by atoms with Gasteiger partial charge in [-0.2, -0.15) is 0 Å². The third-order valence-corrected chi connectivity index (χ3v) is 0.881. The molecule has 0 N–H and O–H groups in total. The van der Waals surface area contributed by atoms with Gasteiger partial charge >= 0.3 is 45.8 Å².